The molecule has 4 atom stereocenters. The van der Waals surface area contributed by atoms with Crippen LogP contribution in [0.2, 0.25) is 0 Å². The lowest BCUT2D eigenvalue weighted by molar-refractivity contribution is 0.0207. The zero-order valence-electron chi connectivity index (χ0n) is 21.0. The minimum Gasteiger partial charge on any atom is -0.445 e. The van der Waals surface area contributed by atoms with Crippen LogP contribution < -0.4 is 0 Å². The summed E-state index contributed by atoms with van der Waals surface area (Å²) in [6.07, 6.45) is 1.07. The summed E-state index contributed by atoms with van der Waals surface area (Å²) in [5.41, 5.74) is 1.90. The molecule has 8 heteroatoms. The van der Waals surface area contributed by atoms with Crippen molar-refractivity contribution >= 4 is 23.1 Å². The highest BCUT2D eigenvalue weighted by Crippen LogP contribution is 2.45. The summed E-state index contributed by atoms with van der Waals surface area (Å²) in [5, 5.41) is 0.878. The maximum Gasteiger partial charge on any atom is 0.410 e. The second-order valence-electron chi connectivity index (χ2n) is 10.8. The largest absolute Gasteiger partial charge is 0.445 e. The zero-order valence-corrected chi connectivity index (χ0v) is 21.0. The standard InChI is InChI=1S/C28H32FN3O4/c1-17-14-31(27(34)36-28(2,3)4)25-22(21-13-30-23-12-19(29)10-11-20(21)23)15-32(24(17)25)26(33)35-16-18-8-6-5-7-9-18/h5-13,17,22,24-25,30H,14-16H2,1-4H3/t17?,22-,24-,25-/m1/s1. The number of aromatic nitrogens is 1. The Labute approximate surface area is 210 Å². The lowest BCUT2D eigenvalue weighted by Gasteiger charge is -2.31. The molecule has 0 aliphatic carbocycles. The number of ether oxygens (including phenoxy) is 2. The number of likely N-dealkylation sites (tertiary alicyclic amines) is 2. The Hall–Kier alpha value is -3.55. The Morgan fingerprint density at radius 3 is 2.47 bits per heavy atom. The van der Waals surface area contributed by atoms with Gasteiger partial charge in [-0.1, -0.05) is 37.3 Å². The van der Waals surface area contributed by atoms with Crippen LogP contribution in [0.4, 0.5) is 14.0 Å². The first-order chi connectivity index (χ1) is 17.1. The number of aromatic amines is 1. The molecule has 7 nitrogen and oxygen atoms in total. The number of halogens is 1. The van der Waals surface area contributed by atoms with Gasteiger partial charge in [0, 0.05) is 36.1 Å². The van der Waals surface area contributed by atoms with Crippen molar-refractivity contribution in [2.75, 3.05) is 13.1 Å². The van der Waals surface area contributed by atoms with E-state index in [1.807, 2.05) is 64.2 Å². The van der Waals surface area contributed by atoms with Crippen LogP contribution in [0.5, 0.6) is 0 Å². The average molecular weight is 494 g/mol. The molecule has 2 aliphatic heterocycles. The highest BCUT2D eigenvalue weighted by Gasteiger charge is 2.56. The fraction of sp³-hybridized carbons (Fsp3) is 0.429. The summed E-state index contributed by atoms with van der Waals surface area (Å²) >= 11 is 0. The highest BCUT2D eigenvalue weighted by atomic mass is 19.1. The van der Waals surface area contributed by atoms with Crippen LogP contribution in [-0.2, 0) is 16.1 Å². The second kappa shape index (κ2) is 9.15. The van der Waals surface area contributed by atoms with Gasteiger partial charge in [0.25, 0.3) is 0 Å². The summed E-state index contributed by atoms with van der Waals surface area (Å²) in [6, 6.07) is 13.7. The van der Waals surface area contributed by atoms with E-state index in [1.165, 1.54) is 12.1 Å². The van der Waals surface area contributed by atoms with Gasteiger partial charge in [0.15, 0.2) is 0 Å². The molecule has 2 saturated heterocycles. The fourth-order valence-electron chi connectivity index (χ4n) is 5.67. The van der Waals surface area contributed by atoms with E-state index in [0.717, 1.165) is 16.5 Å². The van der Waals surface area contributed by atoms with Crippen molar-refractivity contribution < 1.29 is 23.5 Å². The Morgan fingerprint density at radius 1 is 1.03 bits per heavy atom. The predicted molar refractivity (Wildman–Crippen MR) is 134 cm³/mol. The van der Waals surface area contributed by atoms with Gasteiger partial charge < -0.3 is 24.3 Å². The van der Waals surface area contributed by atoms with E-state index in [1.54, 1.807) is 15.9 Å². The molecular formula is C28H32FN3O4. The van der Waals surface area contributed by atoms with E-state index >= 15 is 0 Å². The summed E-state index contributed by atoms with van der Waals surface area (Å²) in [5.74, 6) is -0.480. The first kappa shape index (κ1) is 24.2. The third-order valence-electron chi connectivity index (χ3n) is 7.09. The van der Waals surface area contributed by atoms with Crippen LogP contribution in [0.3, 0.4) is 0 Å². The van der Waals surface area contributed by atoms with Crippen molar-refractivity contribution in [3.8, 4) is 0 Å². The molecule has 1 unspecified atom stereocenters. The summed E-state index contributed by atoms with van der Waals surface area (Å²) < 4.78 is 25.3. The van der Waals surface area contributed by atoms with E-state index in [9.17, 15) is 14.0 Å². The van der Waals surface area contributed by atoms with Crippen molar-refractivity contribution in [3.63, 3.8) is 0 Å². The van der Waals surface area contributed by atoms with Crippen LogP contribution in [0.1, 0.15) is 44.7 Å². The summed E-state index contributed by atoms with van der Waals surface area (Å²) in [4.78, 5) is 33.3. The van der Waals surface area contributed by atoms with Gasteiger partial charge in [0.1, 0.15) is 18.0 Å². The molecule has 2 aliphatic rings. The molecule has 2 fully saturated rings. The molecule has 1 aromatic heterocycles. The first-order valence-corrected chi connectivity index (χ1v) is 12.4. The Kier molecular flexibility index (Phi) is 6.14. The van der Waals surface area contributed by atoms with Gasteiger partial charge in [-0.25, -0.2) is 14.0 Å². The van der Waals surface area contributed by atoms with Crippen molar-refractivity contribution in [2.24, 2.45) is 5.92 Å². The number of carbonyl (C=O) groups is 2. The second-order valence-corrected chi connectivity index (χ2v) is 10.8. The molecule has 190 valence electrons. The monoisotopic (exact) mass is 493 g/mol. The normalized spacial score (nSPS) is 23.7. The molecular weight excluding hydrogens is 461 g/mol. The predicted octanol–water partition coefficient (Wildman–Crippen LogP) is 5.67. The maximum absolute atomic E-state index is 13.8. The Bertz CT molecular complexity index is 1270. The van der Waals surface area contributed by atoms with Gasteiger partial charge >= 0.3 is 12.2 Å². The minimum atomic E-state index is -0.640. The van der Waals surface area contributed by atoms with Gasteiger partial charge in [0.05, 0.1) is 12.1 Å². The van der Waals surface area contributed by atoms with Crippen molar-refractivity contribution in [1.82, 2.24) is 14.8 Å². The van der Waals surface area contributed by atoms with Gasteiger partial charge in [-0.05, 0) is 56.0 Å². The number of carbonyl (C=O) groups excluding carboxylic acids is 2. The van der Waals surface area contributed by atoms with Crippen LogP contribution in [-0.4, -0.2) is 57.7 Å². The number of H-pyrrole nitrogens is 1. The number of nitrogens with zero attached hydrogens (tertiary/aromatic N) is 2. The number of hydrogen-bond donors (Lipinski definition) is 1. The lowest BCUT2D eigenvalue weighted by atomic mass is 9.89. The quantitative estimate of drug-likeness (QED) is 0.510. The summed E-state index contributed by atoms with van der Waals surface area (Å²) in [7, 11) is 0. The fourth-order valence-corrected chi connectivity index (χ4v) is 5.67. The Balaban J connectivity index is 1.48. The topological polar surface area (TPSA) is 74.9 Å². The first-order valence-electron chi connectivity index (χ1n) is 12.4. The maximum atomic E-state index is 13.8. The minimum absolute atomic E-state index is 0.0273. The van der Waals surface area contributed by atoms with E-state index in [0.29, 0.717) is 18.6 Å². The van der Waals surface area contributed by atoms with Gasteiger partial charge in [-0.3, -0.25) is 0 Å². The zero-order chi connectivity index (χ0) is 25.6. The molecule has 5 rings (SSSR count). The molecule has 2 aromatic carbocycles. The SMILES string of the molecule is CC1CN(C(=O)OC(C)(C)C)[C@@H]2[C@@H](c3c[nH]c4cc(F)ccc34)CN(C(=O)OCc3ccccc3)[C@H]12. The lowest BCUT2D eigenvalue weighted by Crippen LogP contribution is -2.45. The third-order valence-corrected chi connectivity index (χ3v) is 7.09. The highest BCUT2D eigenvalue weighted by molar-refractivity contribution is 5.84. The van der Waals surface area contributed by atoms with Crippen molar-refractivity contribution in [2.45, 2.75) is 57.9 Å². The van der Waals surface area contributed by atoms with Gasteiger partial charge in [-0.15, -0.1) is 0 Å². The number of amides is 2. The molecule has 0 spiro atoms. The Morgan fingerprint density at radius 2 is 1.75 bits per heavy atom. The number of hydrogen-bond acceptors (Lipinski definition) is 4. The van der Waals surface area contributed by atoms with Crippen molar-refractivity contribution in [3.05, 3.63) is 71.7 Å². The van der Waals surface area contributed by atoms with Gasteiger partial charge in [-0.2, -0.15) is 0 Å². The molecule has 0 radical (unpaired) electrons. The van der Waals surface area contributed by atoms with Gasteiger partial charge in [0.2, 0.25) is 0 Å². The molecule has 0 saturated carbocycles. The summed E-state index contributed by atoms with van der Waals surface area (Å²) in [6.45, 7) is 8.61. The van der Waals surface area contributed by atoms with Crippen LogP contribution in [0.15, 0.2) is 54.7 Å². The molecule has 36 heavy (non-hydrogen) atoms. The van der Waals surface area contributed by atoms with Crippen LogP contribution >= 0.6 is 0 Å². The molecule has 3 aromatic rings. The van der Waals surface area contributed by atoms with E-state index in [-0.39, 0.29) is 36.3 Å². The number of nitrogens with one attached hydrogen (secondary N) is 1. The number of rotatable bonds is 3. The van der Waals surface area contributed by atoms with E-state index < -0.39 is 17.8 Å². The van der Waals surface area contributed by atoms with Crippen LogP contribution in [0.25, 0.3) is 10.9 Å². The van der Waals surface area contributed by atoms with Crippen LogP contribution in [0, 0.1) is 11.7 Å². The average Bonchev–Trinajstić information content (AvgIpc) is 3.50. The number of benzene rings is 2. The molecule has 1 N–H and O–H groups in total. The smallest absolute Gasteiger partial charge is 0.410 e. The molecule has 2 amide bonds. The molecule has 0 bridgehead atoms. The molecule has 3 heterocycles. The van der Waals surface area contributed by atoms with Crippen molar-refractivity contribution in [1.29, 1.82) is 0 Å². The number of fused-ring (bicyclic) bond motifs is 2. The third kappa shape index (κ3) is 4.52. The van der Waals surface area contributed by atoms with E-state index in [2.05, 4.69) is 4.98 Å². The van der Waals surface area contributed by atoms with E-state index in [4.69, 9.17) is 9.47 Å².